The molecular formula is C15H12F4N2O. The van der Waals surface area contributed by atoms with E-state index in [9.17, 15) is 22.7 Å². The summed E-state index contributed by atoms with van der Waals surface area (Å²) in [4.78, 5) is 0. The van der Waals surface area contributed by atoms with E-state index in [1.807, 2.05) is 0 Å². The van der Waals surface area contributed by atoms with E-state index in [0.29, 0.717) is 0 Å². The highest BCUT2D eigenvalue weighted by Crippen LogP contribution is 2.34. The zero-order valence-corrected chi connectivity index (χ0v) is 11.4. The van der Waals surface area contributed by atoms with Gasteiger partial charge in [-0.15, -0.1) is 0 Å². The molecule has 2 N–H and O–H groups in total. The molecule has 0 spiro atoms. The van der Waals surface area contributed by atoms with Crippen LogP contribution in [0.25, 0.3) is 0 Å². The van der Waals surface area contributed by atoms with Crippen LogP contribution in [0.1, 0.15) is 18.1 Å². The molecule has 0 aliphatic heterocycles. The molecule has 22 heavy (non-hydrogen) atoms. The molecule has 2 aromatic rings. The lowest BCUT2D eigenvalue weighted by Gasteiger charge is -2.12. The lowest BCUT2D eigenvalue weighted by molar-refractivity contribution is -0.136. The van der Waals surface area contributed by atoms with Crippen LogP contribution in [0.4, 0.5) is 23.2 Å². The van der Waals surface area contributed by atoms with Crippen molar-refractivity contribution in [1.82, 2.24) is 0 Å². The summed E-state index contributed by atoms with van der Waals surface area (Å²) in [6, 6.07) is 8.11. The molecule has 0 aromatic heterocycles. The van der Waals surface area contributed by atoms with Gasteiger partial charge in [0.25, 0.3) is 0 Å². The van der Waals surface area contributed by atoms with Crippen LogP contribution < -0.4 is 5.43 Å². The number of rotatable bonds is 3. The van der Waals surface area contributed by atoms with Gasteiger partial charge in [-0.2, -0.15) is 18.3 Å². The average Bonchev–Trinajstić information content (AvgIpc) is 2.46. The van der Waals surface area contributed by atoms with Gasteiger partial charge >= 0.3 is 6.18 Å². The van der Waals surface area contributed by atoms with E-state index >= 15 is 0 Å². The van der Waals surface area contributed by atoms with Gasteiger partial charge in [-0.25, -0.2) is 4.39 Å². The van der Waals surface area contributed by atoms with Crippen molar-refractivity contribution < 1.29 is 22.7 Å². The molecule has 0 saturated heterocycles. The minimum Gasteiger partial charge on any atom is -0.507 e. The Morgan fingerprint density at radius 2 is 1.82 bits per heavy atom. The van der Waals surface area contributed by atoms with Gasteiger partial charge in [0.15, 0.2) is 0 Å². The van der Waals surface area contributed by atoms with Crippen molar-refractivity contribution in [1.29, 1.82) is 0 Å². The summed E-state index contributed by atoms with van der Waals surface area (Å²) in [5, 5.41) is 13.4. The van der Waals surface area contributed by atoms with E-state index in [0.717, 1.165) is 24.3 Å². The number of hydrogen-bond acceptors (Lipinski definition) is 3. The number of benzene rings is 2. The monoisotopic (exact) mass is 312 g/mol. The van der Waals surface area contributed by atoms with Crippen LogP contribution in [0.5, 0.6) is 5.75 Å². The predicted octanol–water partition coefficient (Wildman–Crippen LogP) is 4.39. The fourth-order valence-corrected chi connectivity index (χ4v) is 1.83. The van der Waals surface area contributed by atoms with Gasteiger partial charge in [-0.3, -0.25) is 5.43 Å². The van der Waals surface area contributed by atoms with Crippen LogP contribution in [0.3, 0.4) is 0 Å². The molecule has 0 saturated carbocycles. The maximum absolute atomic E-state index is 13.2. The molecule has 0 heterocycles. The number of hydrazone groups is 1. The first-order chi connectivity index (χ1) is 10.3. The zero-order valence-electron chi connectivity index (χ0n) is 11.4. The highest BCUT2D eigenvalue weighted by atomic mass is 19.4. The van der Waals surface area contributed by atoms with Crippen LogP contribution in [0.2, 0.25) is 0 Å². The summed E-state index contributed by atoms with van der Waals surface area (Å²) in [6.45, 7) is 1.44. The quantitative estimate of drug-likeness (QED) is 0.502. The number of nitrogens with zero attached hydrogens (tertiary/aromatic N) is 1. The topological polar surface area (TPSA) is 44.6 Å². The number of para-hydroxylation sites is 1. The molecule has 7 heteroatoms. The van der Waals surface area contributed by atoms with E-state index < -0.39 is 17.6 Å². The van der Waals surface area contributed by atoms with Crippen molar-refractivity contribution in [3.8, 4) is 5.75 Å². The van der Waals surface area contributed by atoms with Gasteiger partial charge < -0.3 is 5.11 Å². The second-order valence-corrected chi connectivity index (χ2v) is 4.51. The summed E-state index contributed by atoms with van der Waals surface area (Å²) in [7, 11) is 0. The Bertz CT molecular complexity index is 711. The lowest BCUT2D eigenvalue weighted by atomic mass is 10.1. The molecule has 0 aliphatic carbocycles. The van der Waals surface area contributed by atoms with E-state index in [-0.39, 0.29) is 22.7 Å². The van der Waals surface area contributed by atoms with Gasteiger partial charge in [-0.1, -0.05) is 12.1 Å². The Labute approximate surface area is 123 Å². The molecule has 0 aliphatic rings. The molecule has 2 aromatic carbocycles. The Morgan fingerprint density at radius 1 is 1.14 bits per heavy atom. The number of anilines is 1. The zero-order chi connectivity index (χ0) is 16.3. The molecule has 0 radical (unpaired) electrons. The maximum atomic E-state index is 13.2. The number of alkyl halides is 3. The molecule has 0 unspecified atom stereocenters. The minimum absolute atomic E-state index is 0.0944. The van der Waals surface area contributed by atoms with Crippen LogP contribution in [-0.2, 0) is 6.18 Å². The van der Waals surface area contributed by atoms with E-state index in [2.05, 4.69) is 10.5 Å². The van der Waals surface area contributed by atoms with E-state index in [1.165, 1.54) is 25.1 Å². The number of phenolic OH excluding ortho intramolecular Hbond substituents is 1. The third kappa shape index (κ3) is 3.55. The Kier molecular flexibility index (Phi) is 4.35. The average molecular weight is 312 g/mol. The van der Waals surface area contributed by atoms with Crippen molar-refractivity contribution in [2.75, 3.05) is 5.43 Å². The van der Waals surface area contributed by atoms with Crippen molar-refractivity contribution in [3.63, 3.8) is 0 Å². The molecule has 2 rings (SSSR count). The summed E-state index contributed by atoms with van der Waals surface area (Å²) >= 11 is 0. The summed E-state index contributed by atoms with van der Waals surface area (Å²) < 4.78 is 51.7. The van der Waals surface area contributed by atoms with Gasteiger partial charge in [-0.05, 0) is 37.3 Å². The molecular weight excluding hydrogens is 300 g/mol. The molecule has 0 amide bonds. The summed E-state index contributed by atoms with van der Waals surface area (Å²) in [5.41, 5.74) is 1.44. The Balaban J connectivity index is 2.31. The molecule has 0 fully saturated rings. The fourth-order valence-electron chi connectivity index (χ4n) is 1.83. The third-order valence-corrected chi connectivity index (χ3v) is 2.92. The van der Waals surface area contributed by atoms with E-state index in [4.69, 9.17) is 0 Å². The van der Waals surface area contributed by atoms with Gasteiger partial charge in [0.2, 0.25) is 0 Å². The van der Waals surface area contributed by atoms with Crippen molar-refractivity contribution in [3.05, 3.63) is 59.4 Å². The Hall–Kier alpha value is -2.57. The second kappa shape index (κ2) is 6.05. The first-order valence-electron chi connectivity index (χ1n) is 6.24. The predicted molar refractivity (Wildman–Crippen MR) is 75.3 cm³/mol. The smallest absolute Gasteiger partial charge is 0.418 e. The van der Waals surface area contributed by atoms with Crippen molar-refractivity contribution in [2.24, 2.45) is 5.10 Å². The summed E-state index contributed by atoms with van der Waals surface area (Å²) in [6.07, 6.45) is -4.52. The summed E-state index contributed by atoms with van der Waals surface area (Å²) in [5.74, 6) is -0.799. The highest BCUT2D eigenvalue weighted by molar-refractivity contribution is 6.01. The van der Waals surface area contributed by atoms with Crippen LogP contribution in [-0.4, -0.2) is 10.8 Å². The first kappa shape index (κ1) is 15.8. The Morgan fingerprint density at radius 3 is 2.50 bits per heavy atom. The molecule has 0 bridgehead atoms. The van der Waals surface area contributed by atoms with Crippen molar-refractivity contribution in [2.45, 2.75) is 13.1 Å². The lowest BCUT2D eigenvalue weighted by Crippen LogP contribution is -2.09. The highest BCUT2D eigenvalue weighted by Gasteiger charge is 2.33. The number of halogens is 4. The first-order valence-corrected chi connectivity index (χ1v) is 6.24. The number of nitrogens with one attached hydrogen (secondary N) is 1. The maximum Gasteiger partial charge on any atom is 0.418 e. The number of phenols is 1. The normalized spacial score (nSPS) is 12.3. The second-order valence-electron chi connectivity index (χ2n) is 4.51. The van der Waals surface area contributed by atoms with Crippen LogP contribution >= 0.6 is 0 Å². The van der Waals surface area contributed by atoms with Gasteiger partial charge in [0.1, 0.15) is 11.6 Å². The fraction of sp³-hybridized carbons (Fsp3) is 0.133. The minimum atomic E-state index is -4.52. The standard InChI is InChI=1S/C15H12F4N2O/c1-9(11-8-10(16)6-7-14(11)22)20-21-13-5-3-2-4-12(13)15(17,18)19/h2-8,21-22H,1H3/b20-9-. The third-order valence-electron chi connectivity index (χ3n) is 2.92. The van der Waals surface area contributed by atoms with E-state index in [1.54, 1.807) is 0 Å². The van der Waals surface area contributed by atoms with Gasteiger partial charge in [0, 0.05) is 5.56 Å². The van der Waals surface area contributed by atoms with Gasteiger partial charge in [0.05, 0.1) is 17.0 Å². The van der Waals surface area contributed by atoms with Crippen LogP contribution in [0, 0.1) is 5.82 Å². The van der Waals surface area contributed by atoms with Crippen molar-refractivity contribution >= 4 is 11.4 Å². The molecule has 116 valence electrons. The molecule has 3 nitrogen and oxygen atoms in total. The molecule has 0 atom stereocenters. The number of aromatic hydroxyl groups is 1. The van der Waals surface area contributed by atoms with Crippen LogP contribution in [0.15, 0.2) is 47.6 Å². The number of hydrogen-bond donors (Lipinski definition) is 2. The largest absolute Gasteiger partial charge is 0.507 e. The SMILES string of the molecule is C/C(=N/Nc1ccccc1C(F)(F)F)c1cc(F)ccc1O.